The second-order valence-electron chi connectivity index (χ2n) is 7.69. The first-order valence-corrected chi connectivity index (χ1v) is 11.7. The molecule has 13 heteroatoms. The van der Waals surface area contributed by atoms with Crippen LogP contribution in [0.15, 0.2) is 4.99 Å². The Morgan fingerprint density at radius 1 is 0.938 bits per heavy atom. The lowest BCUT2D eigenvalue weighted by Gasteiger charge is -2.24. The van der Waals surface area contributed by atoms with Crippen LogP contribution in [-0.2, 0) is 19.2 Å². The highest BCUT2D eigenvalue weighted by Crippen LogP contribution is 2.05. The maximum absolute atomic E-state index is 12.7. The van der Waals surface area contributed by atoms with Gasteiger partial charge in [-0.15, -0.1) is 0 Å². The standard InChI is InChI=1S/C19H37N7O5S/c1-10(2)14(20)17(29)25-12(7-9-32-4)16(28)24-11(3)15(27)26-13(18(30)31)6-5-8-23-19(21)22/h10-14H,5-9,20H2,1-4H3,(H,24,28)(H,25,29)(H,26,27)(H,30,31)(H4,21,22,23). The molecule has 10 N–H and O–H groups in total. The molecule has 0 aliphatic heterocycles. The number of nitrogens with zero attached hydrogens (tertiary/aromatic N) is 1. The quantitative estimate of drug-likeness (QED) is 0.0817. The number of carboxylic acids is 1. The van der Waals surface area contributed by atoms with Gasteiger partial charge >= 0.3 is 5.97 Å². The van der Waals surface area contributed by atoms with Gasteiger partial charge in [0.15, 0.2) is 5.96 Å². The number of hydrogen-bond acceptors (Lipinski definition) is 7. The van der Waals surface area contributed by atoms with Crippen LogP contribution in [-0.4, -0.2) is 77.5 Å². The zero-order valence-electron chi connectivity index (χ0n) is 19.1. The van der Waals surface area contributed by atoms with Crippen molar-refractivity contribution in [3.05, 3.63) is 0 Å². The van der Waals surface area contributed by atoms with E-state index < -0.39 is 47.9 Å². The predicted molar refractivity (Wildman–Crippen MR) is 125 cm³/mol. The fraction of sp³-hybridized carbons (Fsp3) is 0.737. The molecule has 0 heterocycles. The molecule has 4 unspecified atom stereocenters. The van der Waals surface area contributed by atoms with Crippen LogP contribution in [0.4, 0.5) is 0 Å². The average molecular weight is 476 g/mol. The normalized spacial score (nSPS) is 14.6. The van der Waals surface area contributed by atoms with E-state index in [0.717, 1.165) is 0 Å². The highest BCUT2D eigenvalue weighted by molar-refractivity contribution is 7.98. The molecule has 0 saturated heterocycles. The maximum Gasteiger partial charge on any atom is 0.326 e. The Bertz CT molecular complexity index is 670. The lowest BCUT2D eigenvalue weighted by molar-refractivity contribution is -0.142. The summed E-state index contributed by atoms with van der Waals surface area (Å²) in [6.45, 7) is 5.25. The van der Waals surface area contributed by atoms with Crippen molar-refractivity contribution in [3.63, 3.8) is 0 Å². The number of aliphatic carboxylic acids is 1. The summed E-state index contributed by atoms with van der Waals surface area (Å²) in [6, 6.07) is -3.82. The zero-order chi connectivity index (χ0) is 24.8. The van der Waals surface area contributed by atoms with Gasteiger partial charge in [0, 0.05) is 6.54 Å². The first-order chi connectivity index (χ1) is 14.9. The predicted octanol–water partition coefficient (Wildman–Crippen LogP) is -1.66. The molecular weight excluding hydrogens is 438 g/mol. The summed E-state index contributed by atoms with van der Waals surface area (Å²) < 4.78 is 0. The molecule has 0 aromatic rings. The first-order valence-electron chi connectivity index (χ1n) is 10.3. The summed E-state index contributed by atoms with van der Waals surface area (Å²) in [4.78, 5) is 52.6. The van der Waals surface area contributed by atoms with Gasteiger partial charge in [-0.2, -0.15) is 11.8 Å². The highest BCUT2D eigenvalue weighted by atomic mass is 32.2. The largest absolute Gasteiger partial charge is 0.480 e. The van der Waals surface area contributed by atoms with Crippen molar-refractivity contribution >= 4 is 41.4 Å². The van der Waals surface area contributed by atoms with Crippen LogP contribution in [0.3, 0.4) is 0 Å². The molecule has 0 fully saturated rings. The van der Waals surface area contributed by atoms with Gasteiger partial charge in [0.1, 0.15) is 18.1 Å². The molecule has 0 saturated carbocycles. The van der Waals surface area contributed by atoms with E-state index in [2.05, 4.69) is 20.9 Å². The summed E-state index contributed by atoms with van der Waals surface area (Å²) in [7, 11) is 0. The summed E-state index contributed by atoms with van der Waals surface area (Å²) >= 11 is 1.51. The number of thioether (sulfide) groups is 1. The van der Waals surface area contributed by atoms with Crippen molar-refractivity contribution in [2.45, 2.75) is 64.2 Å². The fourth-order valence-corrected chi connectivity index (χ4v) is 2.98. The van der Waals surface area contributed by atoms with Gasteiger partial charge in [-0.3, -0.25) is 19.4 Å². The first kappa shape index (κ1) is 29.5. The van der Waals surface area contributed by atoms with Crippen LogP contribution < -0.4 is 33.2 Å². The van der Waals surface area contributed by atoms with E-state index in [1.807, 2.05) is 6.26 Å². The molecule has 32 heavy (non-hydrogen) atoms. The number of nitrogens with two attached hydrogens (primary N) is 3. The molecular formula is C19H37N7O5S. The second kappa shape index (κ2) is 15.3. The van der Waals surface area contributed by atoms with Crippen LogP contribution in [0.1, 0.15) is 40.0 Å². The van der Waals surface area contributed by atoms with Crippen molar-refractivity contribution in [1.29, 1.82) is 0 Å². The Morgan fingerprint density at radius 3 is 2.03 bits per heavy atom. The summed E-state index contributed by atoms with van der Waals surface area (Å²) in [5.41, 5.74) is 16.3. The van der Waals surface area contributed by atoms with E-state index in [1.165, 1.54) is 18.7 Å². The molecule has 4 atom stereocenters. The summed E-state index contributed by atoms with van der Waals surface area (Å²) in [5.74, 6) is -2.49. The third-order valence-electron chi connectivity index (χ3n) is 4.58. The van der Waals surface area contributed by atoms with Crippen LogP contribution in [0.2, 0.25) is 0 Å². The van der Waals surface area contributed by atoms with Gasteiger partial charge < -0.3 is 38.3 Å². The molecule has 12 nitrogen and oxygen atoms in total. The van der Waals surface area contributed by atoms with Crippen molar-refractivity contribution < 1.29 is 24.3 Å². The van der Waals surface area contributed by atoms with Crippen LogP contribution >= 0.6 is 11.8 Å². The van der Waals surface area contributed by atoms with Gasteiger partial charge in [-0.25, -0.2) is 4.79 Å². The number of amides is 3. The van der Waals surface area contributed by atoms with E-state index in [4.69, 9.17) is 17.2 Å². The van der Waals surface area contributed by atoms with E-state index in [9.17, 15) is 24.3 Å². The fourth-order valence-electron chi connectivity index (χ4n) is 2.51. The number of aliphatic imine (C=N–C) groups is 1. The topological polar surface area (TPSA) is 215 Å². The molecule has 0 radical (unpaired) electrons. The minimum absolute atomic E-state index is 0.102. The molecule has 3 amide bonds. The molecule has 0 aliphatic rings. The molecule has 0 aromatic heterocycles. The van der Waals surface area contributed by atoms with Gasteiger partial charge in [0.2, 0.25) is 17.7 Å². The van der Waals surface area contributed by atoms with E-state index in [-0.39, 0.29) is 24.8 Å². The number of carboxylic acid groups (broad SMARTS) is 1. The van der Waals surface area contributed by atoms with E-state index in [1.54, 1.807) is 13.8 Å². The summed E-state index contributed by atoms with van der Waals surface area (Å²) in [6.07, 6.45) is 2.67. The van der Waals surface area contributed by atoms with Crippen molar-refractivity contribution in [2.24, 2.45) is 28.1 Å². The monoisotopic (exact) mass is 475 g/mol. The SMILES string of the molecule is CSCCC(NC(=O)C(N)C(C)C)C(=O)NC(C)C(=O)NC(CCCN=C(N)N)C(=O)O. The molecule has 0 aliphatic carbocycles. The zero-order valence-corrected chi connectivity index (χ0v) is 19.9. The lowest BCUT2D eigenvalue weighted by atomic mass is 10.0. The van der Waals surface area contributed by atoms with Gasteiger partial charge in [-0.1, -0.05) is 13.8 Å². The van der Waals surface area contributed by atoms with Crippen molar-refractivity contribution in [2.75, 3.05) is 18.6 Å². The third-order valence-corrected chi connectivity index (χ3v) is 5.22. The Kier molecular flexibility index (Phi) is 14.1. The second-order valence-corrected chi connectivity index (χ2v) is 8.68. The Morgan fingerprint density at radius 2 is 1.53 bits per heavy atom. The molecule has 0 aromatic carbocycles. The number of carbonyl (C=O) groups excluding carboxylic acids is 3. The lowest BCUT2D eigenvalue weighted by Crippen LogP contribution is -2.57. The Balaban J connectivity index is 4.97. The highest BCUT2D eigenvalue weighted by Gasteiger charge is 2.28. The van der Waals surface area contributed by atoms with E-state index in [0.29, 0.717) is 18.6 Å². The number of carbonyl (C=O) groups is 4. The number of hydrogen-bond donors (Lipinski definition) is 7. The Labute approximate surface area is 192 Å². The number of rotatable bonds is 15. The number of guanidine groups is 1. The molecule has 184 valence electrons. The van der Waals surface area contributed by atoms with Crippen molar-refractivity contribution in [1.82, 2.24) is 16.0 Å². The Hall–Kier alpha value is -2.54. The van der Waals surface area contributed by atoms with Crippen LogP contribution in [0.25, 0.3) is 0 Å². The number of nitrogens with one attached hydrogen (secondary N) is 3. The molecule has 0 spiro atoms. The van der Waals surface area contributed by atoms with Crippen molar-refractivity contribution in [3.8, 4) is 0 Å². The average Bonchev–Trinajstić information content (AvgIpc) is 2.71. The van der Waals surface area contributed by atoms with Gasteiger partial charge in [0.05, 0.1) is 6.04 Å². The maximum atomic E-state index is 12.7. The molecule has 0 bridgehead atoms. The van der Waals surface area contributed by atoms with E-state index >= 15 is 0 Å². The molecule has 0 rings (SSSR count). The third kappa shape index (κ3) is 11.7. The minimum Gasteiger partial charge on any atom is -0.480 e. The summed E-state index contributed by atoms with van der Waals surface area (Å²) in [5, 5.41) is 16.9. The van der Waals surface area contributed by atoms with Crippen LogP contribution in [0, 0.1) is 5.92 Å². The smallest absolute Gasteiger partial charge is 0.326 e. The van der Waals surface area contributed by atoms with Crippen LogP contribution in [0.5, 0.6) is 0 Å². The van der Waals surface area contributed by atoms with Gasteiger partial charge in [-0.05, 0) is 44.1 Å². The minimum atomic E-state index is -1.21. The van der Waals surface area contributed by atoms with Gasteiger partial charge in [0.25, 0.3) is 0 Å².